The van der Waals surface area contributed by atoms with Gasteiger partial charge in [-0.05, 0) is 27.0 Å². The Morgan fingerprint density at radius 3 is 2.58 bits per heavy atom. The van der Waals surface area contributed by atoms with Crippen molar-refractivity contribution in [3.05, 3.63) is 29.8 Å². The summed E-state index contributed by atoms with van der Waals surface area (Å²) >= 11 is 0. The number of hydrogen-bond acceptors (Lipinski definition) is 4. The largest absolute Gasteiger partial charge is 0.494 e. The molecular weight excluding hydrogens is 238 g/mol. The lowest BCUT2D eigenvalue weighted by Gasteiger charge is -2.35. The van der Waals surface area contributed by atoms with Gasteiger partial charge in [-0.3, -0.25) is 0 Å². The molecule has 0 bridgehead atoms. The Kier molecular flexibility index (Phi) is 5.19. The van der Waals surface area contributed by atoms with Gasteiger partial charge in [-0.25, -0.2) is 10.4 Å². The topological polar surface area (TPSA) is 27.7 Å². The third kappa shape index (κ3) is 3.93. The number of benzene rings is 1. The van der Waals surface area contributed by atoms with Crippen molar-refractivity contribution in [2.24, 2.45) is 0 Å². The van der Waals surface area contributed by atoms with Gasteiger partial charge < -0.3 is 9.64 Å². The van der Waals surface area contributed by atoms with Gasteiger partial charge in [0, 0.05) is 37.8 Å². The van der Waals surface area contributed by atoms with E-state index in [1.54, 1.807) is 0 Å². The Morgan fingerprint density at radius 2 is 1.89 bits per heavy atom. The normalized spacial score (nSPS) is 19.3. The van der Waals surface area contributed by atoms with Crippen molar-refractivity contribution in [3.8, 4) is 5.75 Å². The van der Waals surface area contributed by atoms with Gasteiger partial charge in [-0.2, -0.15) is 0 Å². The quantitative estimate of drug-likeness (QED) is 0.878. The average Bonchev–Trinajstić information content (AvgIpc) is 2.42. The third-order valence-electron chi connectivity index (χ3n) is 3.56. The van der Waals surface area contributed by atoms with Crippen molar-refractivity contribution in [1.29, 1.82) is 0 Å². The van der Waals surface area contributed by atoms with Crippen LogP contribution >= 0.6 is 0 Å². The van der Waals surface area contributed by atoms with Gasteiger partial charge in [-0.15, -0.1) is 0 Å². The second-order valence-corrected chi connectivity index (χ2v) is 5.11. The van der Waals surface area contributed by atoms with Gasteiger partial charge in [0.05, 0.1) is 6.61 Å². The molecule has 4 heteroatoms. The molecule has 1 aromatic rings. The molecule has 0 aliphatic carbocycles. The van der Waals surface area contributed by atoms with E-state index in [1.165, 1.54) is 5.56 Å². The highest BCUT2D eigenvalue weighted by atomic mass is 16.5. The van der Waals surface area contributed by atoms with Gasteiger partial charge in [0.2, 0.25) is 0 Å². The van der Waals surface area contributed by atoms with Crippen LogP contribution in [0.2, 0.25) is 0 Å². The molecule has 106 valence electrons. The number of hydrogen-bond donors (Lipinski definition) is 1. The summed E-state index contributed by atoms with van der Waals surface area (Å²) < 4.78 is 5.70. The Hall–Kier alpha value is -1.10. The van der Waals surface area contributed by atoms with E-state index in [1.807, 2.05) is 19.1 Å². The molecule has 1 heterocycles. The monoisotopic (exact) mass is 263 g/mol. The number of nitrogens with zero attached hydrogens (tertiary/aromatic N) is 2. The minimum absolute atomic E-state index is 0.270. The molecule has 0 radical (unpaired) electrons. The summed E-state index contributed by atoms with van der Waals surface area (Å²) in [5.41, 5.74) is 4.81. The molecule has 1 aliphatic rings. The molecule has 19 heavy (non-hydrogen) atoms. The smallest absolute Gasteiger partial charge is 0.124 e. The average molecular weight is 263 g/mol. The predicted molar refractivity (Wildman–Crippen MR) is 78.2 cm³/mol. The summed E-state index contributed by atoms with van der Waals surface area (Å²) in [6, 6.07) is 8.54. The molecule has 0 aromatic heterocycles. The minimum atomic E-state index is 0.270. The van der Waals surface area contributed by atoms with Crippen molar-refractivity contribution >= 4 is 0 Å². The van der Waals surface area contributed by atoms with Crippen molar-refractivity contribution in [3.63, 3.8) is 0 Å². The maximum absolute atomic E-state index is 5.70. The van der Waals surface area contributed by atoms with Crippen LogP contribution in [0, 0.1) is 0 Å². The molecule has 1 saturated heterocycles. The van der Waals surface area contributed by atoms with Crippen LogP contribution in [0.1, 0.15) is 25.5 Å². The molecular formula is C15H25N3O. The fourth-order valence-electron chi connectivity index (χ4n) is 2.40. The number of hydrazine groups is 1. The van der Waals surface area contributed by atoms with Crippen molar-refractivity contribution in [1.82, 2.24) is 15.3 Å². The Bertz CT molecular complexity index is 389. The maximum atomic E-state index is 5.70. The van der Waals surface area contributed by atoms with Crippen LogP contribution in [0.25, 0.3) is 0 Å². The molecule has 0 spiro atoms. The van der Waals surface area contributed by atoms with E-state index in [-0.39, 0.29) is 6.04 Å². The fourth-order valence-corrected chi connectivity index (χ4v) is 2.40. The number of likely N-dealkylation sites (N-methyl/N-ethyl adjacent to an activating group) is 1. The van der Waals surface area contributed by atoms with Gasteiger partial charge in [-0.1, -0.05) is 18.2 Å². The third-order valence-corrected chi connectivity index (χ3v) is 3.56. The zero-order valence-corrected chi connectivity index (χ0v) is 12.2. The summed E-state index contributed by atoms with van der Waals surface area (Å²) in [4.78, 5) is 2.36. The SMILES string of the molecule is CCOc1ccccc1C(C)NN1CCN(C)CC1. The van der Waals surface area contributed by atoms with Gasteiger partial charge in [0.25, 0.3) is 0 Å². The number of ether oxygens (including phenoxy) is 1. The molecule has 0 saturated carbocycles. The van der Waals surface area contributed by atoms with Crippen molar-refractivity contribution in [2.45, 2.75) is 19.9 Å². The second kappa shape index (κ2) is 6.89. The van der Waals surface area contributed by atoms with Crippen LogP contribution < -0.4 is 10.2 Å². The zero-order valence-electron chi connectivity index (χ0n) is 12.2. The number of nitrogens with one attached hydrogen (secondary N) is 1. The number of para-hydroxylation sites is 1. The first-order chi connectivity index (χ1) is 9.20. The maximum Gasteiger partial charge on any atom is 0.124 e. The van der Waals surface area contributed by atoms with Gasteiger partial charge >= 0.3 is 0 Å². The van der Waals surface area contributed by atoms with E-state index in [4.69, 9.17) is 4.74 Å². The van der Waals surface area contributed by atoms with Crippen LogP contribution in [0.4, 0.5) is 0 Å². The van der Waals surface area contributed by atoms with E-state index >= 15 is 0 Å². The van der Waals surface area contributed by atoms with E-state index in [9.17, 15) is 0 Å². The number of rotatable bonds is 5. The Morgan fingerprint density at radius 1 is 1.21 bits per heavy atom. The second-order valence-electron chi connectivity index (χ2n) is 5.11. The van der Waals surface area contributed by atoms with Crippen LogP contribution in [-0.4, -0.2) is 49.7 Å². The summed E-state index contributed by atoms with van der Waals surface area (Å²) in [5, 5.41) is 2.31. The van der Waals surface area contributed by atoms with E-state index < -0.39 is 0 Å². The highest BCUT2D eigenvalue weighted by Gasteiger charge is 2.18. The predicted octanol–water partition coefficient (Wildman–Crippen LogP) is 1.90. The molecule has 1 N–H and O–H groups in total. The Balaban J connectivity index is 1.97. The highest BCUT2D eigenvalue weighted by Crippen LogP contribution is 2.25. The van der Waals surface area contributed by atoms with Gasteiger partial charge in [0.1, 0.15) is 5.75 Å². The standard InChI is InChI=1S/C15H25N3O/c1-4-19-15-8-6-5-7-14(15)13(2)16-18-11-9-17(3)10-12-18/h5-8,13,16H,4,9-12H2,1-3H3. The lowest BCUT2D eigenvalue weighted by atomic mass is 10.1. The first kappa shape index (κ1) is 14.3. The van der Waals surface area contributed by atoms with E-state index in [2.05, 4.69) is 41.4 Å². The van der Waals surface area contributed by atoms with Crippen molar-refractivity contribution in [2.75, 3.05) is 39.8 Å². The lowest BCUT2D eigenvalue weighted by Crippen LogP contribution is -2.51. The summed E-state index contributed by atoms with van der Waals surface area (Å²) in [5.74, 6) is 0.985. The summed E-state index contributed by atoms with van der Waals surface area (Å²) in [6.45, 7) is 9.29. The molecule has 1 atom stereocenters. The molecule has 1 aromatic carbocycles. The fraction of sp³-hybridized carbons (Fsp3) is 0.600. The molecule has 2 rings (SSSR count). The number of piperazine rings is 1. The lowest BCUT2D eigenvalue weighted by molar-refractivity contribution is 0.0893. The molecule has 1 fully saturated rings. The minimum Gasteiger partial charge on any atom is -0.494 e. The highest BCUT2D eigenvalue weighted by molar-refractivity contribution is 5.35. The first-order valence-corrected chi connectivity index (χ1v) is 7.12. The van der Waals surface area contributed by atoms with E-state index in [0.717, 1.165) is 31.9 Å². The summed E-state index contributed by atoms with van der Waals surface area (Å²) in [6.07, 6.45) is 0. The molecule has 0 amide bonds. The van der Waals surface area contributed by atoms with Crippen LogP contribution in [0.15, 0.2) is 24.3 Å². The van der Waals surface area contributed by atoms with Crippen LogP contribution in [0.5, 0.6) is 5.75 Å². The van der Waals surface area contributed by atoms with Crippen molar-refractivity contribution < 1.29 is 4.74 Å². The van der Waals surface area contributed by atoms with Crippen LogP contribution in [-0.2, 0) is 0 Å². The first-order valence-electron chi connectivity index (χ1n) is 7.12. The summed E-state index contributed by atoms with van der Waals surface area (Å²) in [7, 11) is 2.17. The van der Waals surface area contributed by atoms with E-state index in [0.29, 0.717) is 6.61 Å². The zero-order chi connectivity index (χ0) is 13.7. The molecule has 4 nitrogen and oxygen atoms in total. The van der Waals surface area contributed by atoms with Gasteiger partial charge in [0.15, 0.2) is 0 Å². The molecule has 1 aliphatic heterocycles. The Labute approximate surface area is 116 Å². The molecule has 1 unspecified atom stereocenters. The van der Waals surface area contributed by atoms with Crippen LogP contribution in [0.3, 0.4) is 0 Å².